The first-order valence-corrected chi connectivity index (χ1v) is 4.08. The fourth-order valence-corrected chi connectivity index (χ4v) is 0.626. The van der Waals surface area contributed by atoms with Crippen LogP contribution in [-0.4, -0.2) is 9.58 Å². The molecule has 3 heteroatoms. The van der Waals surface area contributed by atoms with Crippen LogP contribution in [0.1, 0.15) is 20.8 Å². The Morgan fingerprint density at radius 1 is 1.60 bits per heavy atom. The largest absolute Gasteiger partial charge is 0.446 e. The SMILES string of the molecule is C/C=C/C(=O)OC(C)(C)I. The van der Waals surface area contributed by atoms with Crippen molar-refractivity contribution in [3.05, 3.63) is 12.2 Å². The maximum atomic E-state index is 10.7. The van der Waals surface area contributed by atoms with E-state index in [1.807, 2.05) is 13.8 Å². The van der Waals surface area contributed by atoms with Gasteiger partial charge in [0.15, 0.2) is 3.61 Å². The molecule has 0 saturated heterocycles. The zero-order chi connectivity index (χ0) is 8.20. The average Bonchev–Trinajstić information content (AvgIpc) is 1.59. The van der Waals surface area contributed by atoms with Crippen LogP contribution in [-0.2, 0) is 9.53 Å². The molecule has 0 radical (unpaired) electrons. The standard InChI is InChI=1S/C7H11IO2/c1-4-5-6(9)10-7(2,3)8/h4-5H,1-3H3/b5-4+. The van der Waals surface area contributed by atoms with Gasteiger partial charge in [-0.15, -0.1) is 0 Å². The summed E-state index contributed by atoms with van der Waals surface area (Å²) in [6, 6.07) is 0. The minimum Gasteiger partial charge on any atom is -0.446 e. The molecule has 0 bridgehead atoms. The third kappa shape index (κ3) is 6.07. The number of esters is 1. The molecule has 0 aliphatic rings. The Bertz CT molecular complexity index is 144. The predicted octanol–water partition coefficient (Wildman–Crippen LogP) is 2.28. The first kappa shape index (κ1) is 9.94. The second-order valence-corrected chi connectivity index (χ2v) is 4.88. The van der Waals surface area contributed by atoms with E-state index >= 15 is 0 Å². The van der Waals surface area contributed by atoms with Gasteiger partial charge in [0.1, 0.15) is 0 Å². The Hall–Kier alpha value is -0.0600. The Kier molecular flexibility index (Phi) is 3.93. The van der Waals surface area contributed by atoms with Gasteiger partial charge in [-0.25, -0.2) is 4.79 Å². The highest BCUT2D eigenvalue weighted by Crippen LogP contribution is 2.18. The first-order chi connectivity index (χ1) is 4.45. The number of alkyl halides is 1. The van der Waals surface area contributed by atoms with Crippen molar-refractivity contribution < 1.29 is 9.53 Å². The summed E-state index contributed by atoms with van der Waals surface area (Å²) >= 11 is 2.05. The van der Waals surface area contributed by atoms with Crippen molar-refractivity contribution in [1.29, 1.82) is 0 Å². The Morgan fingerprint density at radius 3 is 2.40 bits per heavy atom. The fourth-order valence-electron chi connectivity index (χ4n) is 0.409. The van der Waals surface area contributed by atoms with Crippen LogP contribution in [0.25, 0.3) is 0 Å². The van der Waals surface area contributed by atoms with Gasteiger partial charge in [0, 0.05) is 6.08 Å². The maximum Gasteiger partial charge on any atom is 0.331 e. The van der Waals surface area contributed by atoms with Gasteiger partial charge in [0.2, 0.25) is 0 Å². The lowest BCUT2D eigenvalue weighted by Crippen LogP contribution is -2.18. The van der Waals surface area contributed by atoms with Crippen molar-refractivity contribution in [1.82, 2.24) is 0 Å². The van der Waals surface area contributed by atoms with E-state index in [2.05, 4.69) is 22.6 Å². The summed E-state index contributed by atoms with van der Waals surface area (Å²) in [5.41, 5.74) is 0. The summed E-state index contributed by atoms with van der Waals surface area (Å²) < 4.78 is 4.53. The molecule has 0 rings (SSSR count). The summed E-state index contributed by atoms with van der Waals surface area (Å²) in [7, 11) is 0. The quantitative estimate of drug-likeness (QED) is 0.327. The van der Waals surface area contributed by atoms with E-state index in [0.717, 1.165) is 0 Å². The van der Waals surface area contributed by atoms with Crippen LogP contribution in [0.5, 0.6) is 0 Å². The molecule has 0 unspecified atom stereocenters. The third-order valence-electron chi connectivity index (χ3n) is 0.646. The van der Waals surface area contributed by atoms with Crippen LogP contribution in [0.3, 0.4) is 0 Å². The van der Waals surface area contributed by atoms with E-state index in [1.165, 1.54) is 6.08 Å². The molecular weight excluding hydrogens is 243 g/mol. The molecule has 0 fully saturated rings. The topological polar surface area (TPSA) is 26.3 Å². The molecule has 2 nitrogen and oxygen atoms in total. The molecule has 0 atom stereocenters. The summed E-state index contributed by atoms with van der Waals surface area (Å²) in [4.78, 5) is 10.7. The normalized spacial score (nSPS) is 12.0. The van der Waals surface area contributed by atoms with Gasteiger partial charge in [0.05, 0.1) is 0 Å². The molecule has 0 N–H and O–H groups in total. The van der Waals surface area contributed by atoms with Crippen LogP contribution in [0.4, 0.5) is 0 Å². The van der Waals surface area contributed by atoms with Gasteiger partial charge in [-0.3, -0.25) is 0 Å². The first-order valence-electron chi connectivity index (χ1n) is 3.00. The lowest BCUT2D eigenvalue weighted by atomic mass is 10.4. The Labute approximate surface area is 74.8 Å². The summed E-state index contributed by atoms with van der Waals surface area (Å²) in [6.07, 6.45) is 3.06. The highest BCUT2D eigenvalue weighted by atomic mass is 127. The number of hydrogen-bond acceptors (Lipinski definition) is 2. The molecule has 0 saturated carbocycles. The van der Waals surface area contributed by atoms with Crippen molar-refractivity contribution in [2.24, 2.45) is 0 Å². The highest BCUT2D eigenvalue weighted by molar-refractivity contribution is 14.1. The molecule has 0 heterocycles. The number of rotatable bonds is 2. The van der Waals surface area contributed by atoms with E-state index < -0.39 is 3.61 Å². The minimum atomic E-state index is -0.408. The van der Waals surface area contributed by atoms with Crippen molar-refractivity contribution in [2.75, 3.05) is 0 Å². The van der Waals surface area contributed by atoms with Gasteiger partial charge in [-0.2, -0.15) is 0 Å². The van der Waals surface area contributed by atoms with E-state index in [0.29, 0.717) is 0 Å². The van der Waals surface area contributed by atoms with Crippen LogP contribution < -0.4 is 0 Å². The smallest absolute Gasteiger partial charge is 0.331 e. The zero-order valence-electron chi connectivity index (χ0n) is 6.35. The van der Waals surface area contributed by atoms with E-state index in [1.54, 1.807) is 13.0 Å². The second kappa shape index (κ2) is 3.95. The van der Waals surface area contributed by atoms with E-state index in [4.69, 9.17) is 4.74 Å². The number of halogens is 1. The predicted molar refractivity (Wildman–Crippen MR) is 49.0 cm³/mol. The molecule has 58 valence electrons. The lowest BCUT2D eigenvalue weighted by molar-refractivity contribution is -0.142. The maximum absolute atomic E-state index is 10.7. The number of ether oxygens (including phenoxy) is 1. The van der Waals surface area contributed by atoms with Gasteiger partial charge < -0.3 is 4.74 Å². The molecular formula is C7H11IO2. The number of allylic oxidation sites excluding steroid dienone is 1. The van der Waals surface area contributed by atoms with Gasteiger partial charge in [-0.1, -0.05) is 6.08 Å². The summed E-state index contributed by atoms with van der Waals surface area (Å²) in [6.45, 7) is 5.44. The molecule has 0 aromatic heterocycles. The number of carbonyl (C=O) groups is 1. The molecule has 0 amide bonds. The van der Waals surface area contributed by atoms with E-state index in [-0.39, 0.29) is 5.97 Å². The van der Waals surface area contributed by atoms with Crippen molar-refractivity contribution in [3.8, 4) is 0 Å². The molecule has 0 aromatic rings. The zero-order valence-corrected chi connectivity index (χ0v) is 8.51. The van der Waals surface area contributed by atoms with Crippen LogP contribution in [0.15, 0.2) is 12.2 Å². The van der Waals surface area contributed by atoms with Crippen molar-refractivity contribution in [2.45, 2.75) is 24.4 Å². The number of carbonyl (C=O) groups excluding carboxylic acids is 1. The van der Waals surface area contributed by atoms with Crippen LogP contribution in [0.2, 0.25) is 0 Å². The van der Waals surface area contributed by atoms with Gasteiger partial charge >= 0.3 is 5.97 Å². The van der Waals surface area contributed by atoms with Crippen molar-refractivity contribution in [3.63, 3.8) is 0 Å². The van der Waals surface area contributed by atoms with Crippen molar-refractivity contribution >= 4 is 28.6 Å². The van der Waals surface area contributed by atoms with Crippen LogP contribution >= 0.6 is 22.6 Å². The molecule has 0 aliphatic carbocycles. The summed E-state index contributed by atoms with van der Waals surface area (Å²) in [5.74, 6) is -0.290. The second-order valence-electron chi connectivity index (χ2n) is 2.28. The van der Waals surface area contributed by atoms with E-state index in [9.17, 15) is 4.79 Å². The molecule has 0 aromatic carbocycles. The Morgan fingerprint density at radius 2 is 2.10 bits per heavy atom. The average molecular weight is 254 g/mol. The minimum absolute atomic E-state index is 0.290. The van der Waals surface area contributed by atoms with Crippen LogP contribution in [0, 0.1) is 0 Å². The molecule has 0 aliphatic heterocycles. The lowest BCUT2D eigenvalue weighted by Gasteiger charge is -2.15. The monoisotopic (exact) mass is 254 g/mol. The number of hydrogen-bond donors (Lipinski definition) is 0. The van der Waals surface area contributed by atoms with Gasteiger partial charge in [-0.05, 0) is 43.4 Å². The molecule has 10 heavy (non-hydrogen) atoms. The highest BCUT2D eigenvalue weighted by Gasteiger charge is 2.15. The molecule has 0 spiro atoms. The van der Waals surface area contributed by atoms with Gasteiger partial charge in [0.25, 0.3) is 0 Å². The summed E-state index contributed by atoms with van der Waals surface area (Å²) in [5, 5.41) is 0. The third-order valence-corrected chi connectivity index (χ3v) is 0.866. The Balaban J connectivity index is 3.81. The fraction of sp³-hybridized carbons (Fsp3) is 0.571.